The minimum absolute atomic E-state index is 0.134. The summed E-state index contributed by atoms with van der Waals surface area (Å²) in [5.74, 6) is -0.621. The highest BCUT2D eigenvalue weighted by molar-refractivity contribution is 9.10. The van der Waals surface area contributed by atoms with Crippen LogP contribution in [0, 0.1) is 6.92 Å². The Hall–Kier alpha value is -2.39. The van der Waals surface area contributed by atoms with E-state index in [4.69, 9.17) is 0 Å². The lowest BCUT2D eigenvalue weighted by Crippen LogP contribution is -2.53. The summed E-state index contributed by atoms with van der Waals surface area (Å²) in [5.41, 5.74) is 2.30. The number of nitrogens with zero attached hydrogens (tertiary/aromatic N) is 2. The predicted octanol–water partition coefficient (Wildman–Crippen LogP) is 4.04. The van der Waals surface area contributed by atoms with Gasteiger partial charge in [0.05, 0.1) is 11.9 Å². The largest absolute Gasteiger partial charge is 0.352 e. The Balaban J connectivity index is 1.83. The van der Waals surface area contributed by atoms with Crippen molar-refractivity contribution in [1.82, 2.24) is 10.2 Å². The number of nitrogens with one attached hydrogen (secondary N) is 1. The summed E-state index contributed by atoms with van der Waals surface area (Å²) in [6, 6.07) is 14.3. The normalized spacial score (nSPS) is 15.0. The second-order valence-corrected chi connectivity index (χ2v) is 12.0. The molecule has 0 aromatic heterocycles. The van der Waals surface area contributed by atoms with Crippen molar-refractivity contribution in [3.63, 3.8) is 0 Å². The first-order valence-electron chi connectivity index (χ1n) is 11.9. The second-order valence-electron chi connectivity index (χ2n) is 9.19. The number of aryl methyl sites for hydroxylation is 1. The highest BCUT2D eigenvalue weighted by Gasteiger charge is 2.31. The molecule has 1 saturated carbocycles. The lowest BCUT2D eigenvalue weighted by Gasteiger charge is -2.32. The topological polar surface area (TPSA) is 86.8 Å². The van der Waals surface area contributed by atoms with Crippen LogP contribution in [0.5, 0.6) is 0 Å². The minimum atomic E-state index is -3.74. The Morgan fingerprint density at radius 3 is 2.37 bits per heavy atom. The number of hydrogen-bond acceptors (Lipinski definition) is 4. The van der Waals surface area contributed by atoms with Gasteiger partial charge in [0.15, 0.2) is 0 Å². The van der Waals surface area contributed by atoms with Gasteiger partial charge in [0.2, 0.25) is 21.8 Å². The maximum absolute atomic E-state index is 13.6. The zero-order valence-corrected chi connectivity index (χ0v) is 22.9. The van der Waals surface area contributed by atoms with E-state index in [1.165, 1.54) is 4.90 Å². The molecule has 2 aromatic rings. The fourth-order valence-electron chi connectivity index (χ4n) is 4.36. The summed E-state index contributed by atoms with van der Waals surface area (Å²) < 4.78 is 27.3. The zero-order chi connectivity index (χ0) is 25.6. The summed E-state index contributed by atoms with van der Waals surface area (Å²) in [5, 5.41) is 3.07. The highest BCUT2D eigenvalue weighted by Crippen LogP contribution is 2.25. The van der Waals surface area contributed by atoms with Gasteiger partial charge in [0.25, 0.3) is 0 Å². The molecule has 2 aromatic carbocycles. The molecule has 0 bridgehead atoms. The molecular formula is C26H34BrN3O4S. The van der Waals surface area contributed by atoms with Crippen LogP contribution in [-0.2, 0) is 26.0 Å². The summed E-state index contributed by atoms with van der Waals surface area (Å²) in [6.45, 7) is 3.49. The fraction of sp³-hybridized carbons (Fsp3) is 0.462. The van der Waals surface area contributed by atoms with E-state index >= 15 is 0 Å². The van der Waals surface area contributed by atoms with E-state index in [1.54, 1.807) is 25.1 Å². The molecule has 3 rings (SSSR count). The van der Waals surface area contributed by atoms with Crippen LogP contribution in [0.3, 0.4) is 0 Å². The summed E-state index contributed by atoms with van der Waals surface area (Å²) in [7, 11) is -3.74. The van der Waals surface area contributed by atoms with Crippen LogP contribution in [0.4, 0.5) is 5.69 Å². The lowest BCUT2D eigenvalue weighted by molar-refractivity contribution is -0.139. The highest BCUT2D eigenvalue weighted by atomic mass is 79.9. The summed E-state index contributed by atoms with van der Waals surface area (Å²) in [4.78, 5) is 28.1. The molecule has 9 heteroatoms. The van der Waals surface area contributed by atoms with E-state index < -0.39 is 22.0 Å². The summed E-state index contributed by atoms with van der Waals surface area (Å²) >= 11 is 3.43. The van der Waals surface area contributed by atoms with Crippen LogP contribution in [0.25, 0.3) is 0 Å². The van der Waals surface area contributed by atoms with Crippen molar-refractivity contribution in [2.45, 2.75) is 58.0 Å². The zero-order valence-electron chi connectivity index (χ0n) is 20.5. The number of carbonyl (C=O) groups excluding carboxylic acids is 2. The van der Waals surface area contributed by atoms with Crippen molar-refractivity contribution in [3.05, 3.63) is 64.1 Å². The van der Waals surface area contributed by atoms with Crippen molar-refractivity contribution < 1.29 is 18.0 Å². The standard InChI is InChI=1S/C26H34BrN3O4S/c1-19-17-23(13-14-24(19)27)30(35(3,33)34)18-25(31)29(16-15-21-9-5-4-6-10-21)20(2)26(32)28-22-11-7-8-12-22/h4-6,9-10,13-14,17,20,22H,7-8,11-12,15-16,18H2,1-3H3,(H,28,32)/t20-/m1/s1. The molecule has 1 aliphatic carbocycles. The number of sulfonamides is 1. The van der Waals surface area contributed by atoms with Gasteiger partial charge in [0, 0.05) is 17.1 Å². The van der Waals surface area contributed by atoms with Gasteiger partial charge in [-0.3, -0.25) is 13.9 Å². The van der Waals surface area contributed by atoms with Crippen molar-refractivity contribution in [2.24, 2.45) is 0 Å². The fourth-order valence-corrected chi connectivity index (χ4v) is 5.45. The number of anilines is 1. The molecule has 0 heterocycles. The third-order valence-electron chi connectivity index (χ3n) is 6.46. The number of amides is 2. The molecule has 0 radical (unpaired) electrons. The van der Waals surface area contributed by atoms with E-state index in [0.29, 0.717) is 18.7 Å². The van der Waals surface area contributed by atoms with Crippen LogP contribution in [0.15, 0.2) is 53.0 Å². The Bertz CT molecular complexity index is 1130. The molecule has 7 nitrogen and oxygen atoms in total. The van der Waals surface area contributed by atoms with Crippen LogP contribution in [0.2, 0.25) is 0 Å². The molecule has 0 spiro atoms. The third kappa shape index (κ3) is 7.54. The quantitative estimate of drug-likeness (QED) is 0.472. The van der Waals surface area contributed by atoms with Gasteiger partial charge in [-0.1, -0.05) is 59.1 Å². The van der Waals surface area contributed by atoms with E-state index in [2.05, 4.69) is 21.2 Å². The van der Waals surface area contributed by atoms with E-state index in [0.717, 1.165) is 51.8 Å². The van der Waals surface area contributed by atoms with Crippen molar-refractivity contribution in [1.29, 1.82) is 0 Å². The van der Waals surface area contributed by atoms with Crippen molar-refractivity contribution in [2.75, 3.05) is 23.7 Å². The van der Waals surface area contributed by atoms with E-state index in [-0.39, 0.29) is 18.5 Å². The van der Waals surface area contributed by atoms with Crippen molar-refractivity contribution in [3.8, 4) is 0 Å². The first-order chi connectivity index (χ1) is 16.6. The Morgan fingerprint density at radius 1 is 1.11 bits per heavy atom. The van der Waals surface area contributed by atoms with Crippen LogP contribution in [-0.4, -0.2) is 56.6 Å². The lowest BCUT2D eigenvalue weighted by atomic mass is 10.1. The van der Waals surface area contributed by atoms with Gasteiger partial charge in [-0.15, -0.1) is 0 Å². The molecule has 1 N–H and O–H groups in total. The van der Waals surface area contributed by atoms with Crippen LogP contribution < -0.4 is 9.62 Å². The van der Waals surface area contributed by atoms with E-state index in [1.807, 2.05) is 37.3 Å². The number of benzene rings is 2. The maximum Gasteiger partial charge on any atom is 0.244 e. The first-order valence-corrected chi connectivity index (χ1v) is 14.6. The molecule has 0 aliphatic heterocycles. The molecular weight excluding hydrogens is 530 g/mol. The third-order valence-corrected chi connectivity index (χ3v) is 8.49. The van der Waals surface area contributed by atoms with Crippen LogP contribution in [0.1, 0.15) is 43.7 Å². The van der Waals surface area contributed by atoms with Gasteiger partial charge in [-0.05, 0) is 62.4 Å². The van der Waals surface area contributed by atoms with Gasteiger partial charge in [0.1, 0.15) is 12.6 Å². The second kappa shape index (κ2) is 12.0. The number of carbonyl (C=O) groups is 2. The number of hydrogen-bond donors (Lipinski definition) is 1. The Labute approximate surface area is 217 Å². The predicted molar refractivity (Wildman–Crippen MR) is 143 cm³/mol. The van der Waals surface area contributed by atoms with Crippen LogP contribution >= 0.6 is 15.9 Å². The molecule has 35 heavy (non-hydrogen) atoms. The first kappa shape index (κ1) is 27.2. The molecule has 1 fully saturated rings. The van der Waals surface area contributed by atoms with Crippen molar-refractivity contribution >= 4 is 43.5 Å². The molecule has 190 valence electrons. The van der Waals surface area contributed by atoms with Gasteiger partial charge < -0.3 is 10.2 Å². The summed E-state index contributed by atoms with van der Waals surface area (Å²) in [6.07, 6.45) is 5.71. The molecule has 0 unspecified atom stereocenters. The molecule has 0 saturated heterocycles. The average molecular weight is 565 g/mol. The van der Waals surface area contributed by atoms with Gasteiger partial charge in [-0.2, -0.15) is 0 Å². The maximum atomic E-state index is 13.6. The van der Waals surface area contributed by atoms with E-state index in [9.17, 15) is 18.0 Å². The van der Waals surface area contributed by atoms with Gasteiger partial charge >= 0.3 is 0 Å². The number of halogens is 1. The Kier molecular flexibility index (Phi) is 9.35. The van der Waals surface area contributed by atoms with Gasteiger partial charge in [-0.25, -0.2) is 8.42 Å². The minimum Gasteiger partial charge on any atom is -0.352 e. The molecule has 1 aliphatic rings. The monoisotopic (exact) mass is 563 g/mol. The smallest absolute Gasteiger partial charge is 0.244 e. The molecule has 2 amide bonds. The average Bonchev–Trinajstić information content (AvgIpc) is 3.32. The SMILES string of the molecule is Cc1cc(N(CC(=O)N(CCc2ccccc2)[C@H](C)C(=O)NC2CCCC2)S(C)(=O)=O)ccc1Br. The Morgan fingerprint density at radius 2 is 1.77 bits per heavy atom. The molecule has 1 atom stereocenters. The number of rotatable bonds is 10.